The summed E-state index contributed by atoms with van der Waals surface area (Å²) in [6, 6.07) is 3.61. The Balaban J connectivity index is 2.31. The van der Waals surface area contributed by atoms with E-state index < -0.39 is 15.8 Å². The monoisotopic (exact) mass is 350 g/mol. The molecule has 1 unspecified atom stereocenters. The first-order valence-corrected chi connectivity index (χ1v) is 8.33. The number of rotatable bonds is 3. The summed E-state index contributed by atoms with van der Waals surface area (Å²) < 4.78 is 39.8. The van der Waals surface area contributed by atoms with Crippen LogP contribution in [-0.2, 0) is 10.0 Å². The second-order valence-corrected chi connectivity index (χ2v) is 7.44. The molecule has 4 nitrogen and oxygen atoms in total. The van der Waals surface area contributed by atoms with E-state index in [1.54, 1.807) is 0 Å². The number of benzene rings is 1. The number of piperidine rings is 1. The molecule has 19 heavy (non-hydrogen) atoms. The zero-order chi connectivity index (χ0) is 14.0. The first kappa shape index (κ1) is 14.9. The summed E-state index contributed by atoms with van der Waals surface area (Å²) in [5, 5.41) is 0. The van der Waals surface area contributed by atoms with Gasteiger partial charge in [0, 0.05) is 17.6 Å². The third kappa shape index (κ3) is 3.16. The van der Waals surface area contributed by atoms with E-state index in [9.17, 15) is 12.8 Å². The molecule has 1 fully saturated rings. The largest absolute Gasteiger partial charge is 0.330 e. The maximum absolute atomic E-state index is 13.0. The quantitative estimate of drug-likeness (QED) is 0.905. The second-order valence-electron chi connectivity index (χ2n) is 4.68. The third-order valence-corrected chi connectivity index (χ3v) is 6.17. The van der Waals surface area contributed by atoms with Gasteiger partial charge < -0.3 is 5.73 Å². The lowest BCUT2D eigenvalue weighted by Gasteiger charge is -2.31. The average molecular weight is 351 g/mol. The number of nitrogens with two attached hydrogens (primary N) is 1. The van der Waals surface area contributed by atoms with E-state index in [0.29, 0.717) is 19.6 Å². The van der Waals surface area contributed by atoms with Gasteiger partial charge in [-0.3, -0.25) is 0 Å². The van der Waals surface area contributed by atoms with Crippen LogP contribution in [0.4, 0.5) is 4.39 Å². The van der Waals surface area contributed by atoms with Crippen molar-refractivity contribution in [1.82, 2.24) is 4.31 Å². The fraction of sp³-hybridized carbons (Fsp3) is 0.500. The third-order valence-electron chi connectivity index (χ3n) is 3.33. The lowest BCUT2D eigenvalue weighted by Crippen LogP contribution is -2.42. The summed E-state index contributed by atoms with van der Waals surface area (Å²) in [5.74, 6) is -0.271. The van der Waals surface area contributed by atoms with Crippen molar-refractivity contribution in [2.75, 3.05) is 19.6 Å². The Labute approximate surface area is 121 Å². The first-order chi connectivity index (χ1) is 8.95. The second kappa shape index (κ2) is 5.87. The lowest BCUT2D eigenvalue weighted by atomic mass is 10.0. The van der Waals surface area contributed by atoms with Gasteiger partial charge in [0.1, 0.15) is 5.82 Å². The summed E-state index contributed by atoms with van der Waals surface area (Å²) in [6.07, 6.45) is 1.76. The van der Waals surface area contributed by atoms with Crippen LogP contribution in [0.2, 0.25) is 0 Å². The lowest BCUT2D eigenvalue weighted by molar-refractivity contribution is 0.271. The molecule has 1 atom stereocenters. The van der Waals surface area contributed by atoms with Crippen LogP contribution in [0.5, 0.6) is 0 Å². The van der Waals surface area contributed by atoms with Crippen molar-refractivity contribution in [2.45, 2.75) is 17.7 Å². The minimum Gasteiger partial charge on any atom is -0.330 e. The maximum Gasteiger partial charge on any atom is 0.244 e. The predicted octanol–water partition coefficient (Wildman–Crippen LogP) is 1.95. The van der Waals surface area contributed by atoms with E-state index in [4.69, 9.17) is 5.73 Å². The minimum absolute atomic E-state index is 0.103. The van der Waals surface area contributed by atoms with Crippen molar-refractivity contribution in [2.24, 2.45) is 11.7 Å². The highest BCUT2D eigenvalue weighted by atomic mass is 79.9. The highest BCUT2D eigenvalue weighted by Crippen LogP contribution is 2.28. The number of hydrogen-bond donors (Lipinski definition) is 1. The van der Waals surface area contributed by atoms with Crippen LogP contribution in [0.1, 0.15) is 12.8 Å². The Morgan fingerprint density at radius 3 is 2.84 bits per heavy atom. The molecule has 2 rings (SSSR count). The van der Waals surface area contributed by atoms with E-state index in [2.05, 4.69) is 15.9 Å². The van der Waals surface area contributed by atoms with Crippen LogP contribution >= 0.6 is 15.9 Å². The van der Waals surface area contributed by atoms with Gasteiger partial charge >= 0.3 is 0 Å². The van der Waals surface area contributed by atoms with E-state index in [0.717, 1.165) is 25.0 Å². The SMILES string of the molecule is NCC1CCCN(S(=O)(=O)c2ccc(F)cc2Br)C1. The summed E-state index contributed by atoms with van der Waals surface area (Å²) in [6.45, 7) is 1.40. The van der Waals surface area contributed by atoms with Crippen LogP contribution < -0.4 is 5.73 Å². The number of sulfonamides is 1. The van der Waals surface area contributed by atoms with Gasteiger partial charge in [-0.25, -0.2) is 12.8 Å². The molecule has 1 aromatic carbocycles. The molecule has 7 heteroatoms. The molecule has 1 saturated heterocycles. The van der Waals surface area contributed by atoms with Crippen LogP contribution in [-0.4, -0.2) is 32.4 Å². The molecular formula is C12H16BrFN2O2S. The highest BCUT2D eigenvalue weighted by Gasteiger charge is 2.31. The number of nitrogens with zero attached hydrogens (tertiary/aromatic N) is 1. The van der Waals surface area contributed by atoms with Gasteiger partial charge in [-0.1, -0.05) is 0 Å². The van der Waals surface area contributed by atoms with Crippen molar-refractivity contribution in [3.8, 4) is 0 Å². The Morgan fingerprint density at radius 1 is 1.47 bits per heavy atom. The fourth-order valence-electron chi connectivity index (χ4n) is 2.26. The Kier molecular flexibility index (Phi) is 4.60. The minimum atomic E-state index is -3.59. The van der Waals surface area contributed by atoms with Crippen LogP contribution in [0.3, 0.4) is 0 Å². The van der Waals surface area contributed by atoms with Crippen molar-refractivity contribution < 1.29 is 12.8 Å². The standard InChI is InChI=1S/C12H16BrFN2O2S/c13-11-6-10(14)3-4-12(11)19(17,18)16-5-1-2-9(7-15)8-16/h3-4,6,9H,1-2,5,7-8,15H2. The molecule has 0 amide bonds. The Hall–Kier alpha value is -0.500. The maximum atomic E-state index is 13.0. The zero-order valence-corrected chi connectivity index (χ0v) is 12.8. The Bertz CT molecular complexity index is 565. The summed E-state index contributed by atoms with van der Waals surface area (Å²) >= 11 is 3.11. The van der Waals surface area contributed by atoms with Crippen molar-refractivity contribution in [1.29, 1.82) is 0 Å². The first-order valence-electron chi connectivity index (χ1n) is 6.10. The normalized spacial score (nSPS) is 21.5. The van der Waals surface area contributed by atoms with Gasteiger partial charge in [0.25, 0.3) is 0 Å². The molecule has 0 aliphatic carbocycles. The molecule has 1 aliphatic heterocycles. The molecule has 0 spiro atoms. The van der Waals surface area contributed by atoms with Crippen LogP contribution in [0.15, 0.2) is 27.6 Å². The fourth-order valence-corrected chi connectivity index (χ4v) is 4.83. The van der Waals surface area contributed by atoms with Gasteiger partial charge in [-0.15, -0.1) is 0 Å². The summed E-state index contributed by atoms with van der Waals surface area (Å²) in [5.41, 5.74) is 5.62. The van der Waals surface area contributed by atoms with Gasteiger partial charge in [-0.05, 0) is 59.4 Å². The molecule has 1 aliphatic rings. The van der Waals surface area contributed by atoms with E-state index >= 15 is 0 Å². The van der Waals surface area contributed by atoms with E-state index in [1.807, 2.05) is 0 Å². The van der Waals surface area contributed by atoms with Gasteiger partial charge in [0.2, 0.25) is 10.0 Å². The molecule has 106 valence electrons. The molecule has 0 saturated carbocycles. The van der Waals surface area contributed by atoms with E-state index in [-0.39, 0.29) is 15.3 Å². The van der Waals surface area contributed by atoms with Crippen molar-refractivity contribution in [3.05, 3.63) is 28.5 Å². The highest BCUT2D eigenvalue weighted by molar-refractivity contribution is 9.10. The topological polar surface area (TPSA) is 63.4 Å². The van der Waals surface area contributed by atoms with Gasteiger partial charge in [-0.2, -0.15) is 4.31 Å². The number of halogens is 2. The van der Waals surface area contributed by atoms with Crippen LogP contribution in [0.25, 0.3) is 0 Å². The molecule has 0 aromatic heterocycles. The molecule has 0 radical (unpaired) electrons. The van der Waals surface area contributed by atoms with Gasteiger partial charge in [0.05, 0.1) is 4.90 Å². The van der Waals surface area contributed by atoms with Crippen molar-refractivity contribution >= 4 is 26.0 Å². The summed E-state index contributed by atoms with van der Waals surface area (Å²) in [7, 11) is -3.59. The average Bonchev–Trinajstić information content (AvgIpc) is 2.38. The number of hydrogen-bond acceptors (Lipinski definition) is 3. The smallest absolute Gasteiger partial charge is 0.244 e. The molecule has 0 bridgehead atoms. The zero-order valence-electron chi connectivity index (χ0n) is 10.4. The molecule has 1 heterocycles. The Morgan fingerprint density at radius 2 is 2.21 bits per heavy atom. The van der Waals surface area contributed by atoms with E-state index in [1.165, 1.54) is 10.4 Å². The summed E-state index contributed by atoms with van der Waals surface area (Å²) in [4.78, 5) is 0.103. The predicted molar refractivity (Wildman–Crippen MR) is 74.6 cm³/mol. The molecule has 1 aromatic rings. The molecule has 2 N–H and O–H groups in total. The van der Waals surface area contributed by atoms with Crippen molar-refractivity contribution in [3.63, 3.8) is 0 Å². The van der Waals surface area contributed by atoms with Gasteiger partial charge in [0.15, 0.2) is 0 Å². The molecular weight excluding hydrogens is 335 g/mol. The van der Waals surface area contributed by atoms with Crippen LogP contribution in [0, 0.1) is 11.7 Å².